The van der Waals surface area contributed by atoms with Crippen LogP contribution in [-0.2, 0) is 11.4 Å². The fourth-order valence-corrected chi connectivity index (χ4v) is 1.04. The van der Waals surface area contributed by atoms with Crippen LogP contribution in [-0.4, -0.2) is 4.92 Å². The fraction of sp³-hybridized carbons (Fsp3) is 0.250. The minimum Gasteiger partial charge on any atom is -0.300 e. The molecule has 5 heteroatoms. The van der Waals surface area contributed by atoms with Crippen LogP contribution in [0.1, 0.15) is 11.1 Å². The molecule has 0 amide bonds. The molecule has 1 aromatic carbocycles. The van der Waals surface area contributed by atoms with Crippen LogP contribution in [0.5, 0.6) is 0 Å². The molecule has 0 fully saturated rings. The summed E-state index contributed by atoms with van der Waals surface area (Å²) in [6.45, 7) is 1.87. The predicted molar refractivity (Wildman–Crippen MR) is 46.8 cm³/mol. The number of nitro groups is 1. The molecule has 1 aromatic rings. The van der Waals surface area contributed by atoms with Crippen molar-refractivity contribution < 1.29 is 9.76 Å². The van der Waals surface area contributed by atoms with Gasteiger partial charge < -0.3 is 0 Å². The molecule has 1 rings (SSSR count). The van der Waals surface area contributed by atoms with Gasteiger partial charge in [-0.3, -0.25) is 15.0 Å². The highest BCUT2D eigenvalue weighted by Crippen LogP contribution is 2.19. The predicted octanol–water partition coefficient (Wildman–Crippen LogP) is 1.29. The number of nitrogens with zero attached hydrogens (tertiary/aromatic N) is 1. The smallest absolute Gasteiger partial charge is 0.272 e. The Morgan fingerprint density at radius 1 is 1.62 bits per heavy atom. The zero-order chi connectivity index (χ0) is 9.84. The number of hydrogen-bond donors (Lipinski definition) is 1. The van der Waals surface area contributed by atoms with Crippen LogP contribution in [0, 0.1) is 17.0 Å². The van der Waals surface area contributed by atoms with E-state index in [1.807, 2.05) is 0 Å². The Morgan fingerprint density at radius 3 is 2.85 bits per heavy atom. The number of benzene rings is 1. The minimum absolute atomic E-state index is 0.0922. The Kier molecular flexibility index (Phi) is 2.94. The molecule has 0 aliphatic rings. The molecule has 0 spiro atoms. The standard InChI is InChI=1S/C8H10N2O3/c1-6-2-3-7(5-13-9)4-8(6)10(11)12/h2-4H,5,9H2,1H3. The van der Waals surface area contributed by atoms with Gasteiger partial charge in [0.15, 0.2) is 0 Å². The van der Waals surface area contributed by atoms with Crippen LogP contribution >= 0.6 is 0 Å². The second-order valence-electron chi connectivity index (χ2n) is 2.69. The number of nitrogens with two attached hydrogens (primary N) is 1. The minimum atomic E-state index is -0.421. The molecule has 70 valence electrons. The van der Waals surface area contributed by atoms with E-state index in [2.05, 4.69) is 4.84 Å². The Morgan fingerprint density at radius 2 is 2.31 bits per heavy atom. The number of aryl methyl sites for hydroxylation is 1. The molecule has 0 unspecified atom stereocenters. The summed E-state index contributed by atoms with van der Waals surface area (Å²) in [6.07, 6.45) is 0. The van der Waals surface area contributed by atoms with Crippen LogP contribution in [0.3, 0.4) is 0 Å². The summed E-state index contributed by atoms with van der Waals surface area (Å²) >= 11 is 0. The van der Waals surface area contributed by atoms with Crippen molar-refractivity contribution in [1.82, 2.24) is 0 Å². The van der Waals surface area contributed by atoms with Crippen molar-refractivity contribution in [3.8, 4) is 0 Å². The summed E-state index contributed by atoms with van der Waals surface area (Å²) in [5.41, 5.74) is 1.42. The average Bonchev–Trinajstić information content (AvgIpc) is 2.08. The molecule has 0 bridgehead atoms. The van der Waals surface area contributed by atoms with E-state index in [9.17, 15) is 10.1 Å². The van der Waals surface area contributed by atoms with Crippen molar-refractivity contribution in [2.75, 3.05) is 0 Å². The number of hydrogen-bond acceptors (Lipinski definition) is 4. The van der Waals surface area contributed by atoms with Crippen LogP contribution in [0.2, 0.25) is 0 Å². The Hall–Kier alpha value is -1.46. The van der Waals surface area contributed by atoms with Crippen LogP contribution in [0.15, 0.2) is 18.2 Å². The van der Waals surface area contributed by atoms with E-state index >= 15 is 0 Å². The Balaban J connectivity index is 3.04. The molecule has 0 aliphatic carbocycles. The fourth-order valence-electron chi connectivity index (χ4n) is 1.04. The normalized spacial score (nSPS) is 10.0. The lowest BCUT2D eigenvalue weighted by atomic mass is 10.1. The highest BCUT2D eigenvalue weighted by Gasteiger charge is 2.10. The molecule has 0 aromatic heterocycles. The Labute approximate surface area is 75.2 Å². The maximum absolute atomic E-state index is 10.5. The van der Waals surface area contributed by atoms with Crippen molar-refractivity contribution in [2.45, 2.75) is 13.5 Å². The monoisotopic (exact) mass is 182 g/mol. The molecular weight excluding hydrogens is 172 g/mol. The zero-order valence-electron chi connectivity index (χ0n) is 7.19. The maximum Gasteiger partial charge on any atom is 0.272 e. The highest BCUT2D eigenvalue weighted by atomic mass is 16.6. The van der Waals surface area contributed by atoms with Crippen LogP contribution < -0.4 is 5.90 Å². The van der Waals surface area contributed by atoms with E-state index in [0.717, 1.165) is 0 Å². The molecular formula is C8H10N2O3. The van der Waals surface area contributed by atoms with Crippen molar-refractivity contribution in [1.29, 1.82) is 0 Å². The van der Waals surface area contributed by atoms with Gasteiger partial charge in [0.1, 0.15) is 0 Å². The molecule has 0 atom stereocenters. The largest absolute Gasteiger partial charge is 0.300 e. The second kappa shape index (κ2) is 3.97. The molecule has 13 heavy (non-hydrogen) atoms. The van der Waals surface area contributed by atoms with Crippen molar-refractivity contribution >= 4 is 5.69 Å². The van der Waals surface area contributed by atoms with Gasteiger partial charge in [0.2, 0.25) is 0 Å². The van der Waals surface area contributed by atoms with E-state index in [-0.39, 0.29) is 12.3 Å². The first-order chi connectivity index (χ1) is 6.15. The van der Waals surface area contributed by atoms with Crippen molar-refractivity contribution in [2.24, 2.45) is 5.90 Å². The third kappa shape index (κ3) is 2.24. The first-order valence-electron chi connectivity index (χ1n) is 3.70. The van der Waals surface area contributed by atoms with Gasteiger partial charge in [0.25, 0.3) is 5.69 Å². The van der Waals surface area contributed by atoms with Crippen LogP contribution in [0.4, 0.5) is 5.69 Å². The van der Waals surface area contributed by atoms with Gasteiger partial charge in [-0.15, -0.1) is 0 Å². The summed E-state index contributed by atoms with van der Waals surface area (Å²) in [6, 6.07) is 4.88. The van der Waals surface area contributed by atoms with Gasteiger partial charge in [0.05, 0.1) is 11.5 Å². The number of rotatable bonds is 3. The van der Waals surface area contributed by atoms with Gasteiger partial charge in [-0.25, -0.2) is 5.90 Å². The van der Waals surface area contributed by atoms with E-state index in [1.165, 1.54) is 6.07 Å². The highest BCUT2D eigenvalue weighted by molar-refractivity contribution is 5.42. The quantitative estimate of drug-likeness (QED) is 0.564. The van der Waals surface area contributed by atoms with Gasteiger partial charge in [-0.1, -0.05) is 12.1 Å². The molecule has 0 heterocycles. The molecule has 0 saturated carbocycles. The zero-order valence-corrected chi connectivity index (χ0v) is 7.19. The molecule has 0 saturated heterocycles. The van der Waals surface area contributed by atoms with Crippen molar-refractivity contribution in [3.05, 3.63) is 39.4 Å². The van der Waals surface area contributed by atoms with E-state index in [0.29, 0.717) is 11.1 Å². The van der Waals surface area contributed by atoms with Gasteiger partial charge in [-0.05, 0) is 12.5 Å². The summed E-state index contributed by atoms with van der Waals surface area (Å²) < 4.78 is 0. The average molecular weight is 182 g/mol. The third-order valence-electron chi connectivity index (χ3n) is 1.72. The second-order valence-corrected chi connectivity index (χ2v) is 2.69. The summed E-state index contributed by atoms with van der Waals surface area (Å²) in [4.78, 5) is 14.5. The van der Waals surface area contributed by atoms with Crippen LogP contribution in [0.25, 0.3) is 0 Å². The lowest BCUT2D eigenvalue weighted by Crippen LogP contribution is -2.00. The summed E-state index contributed by atoms with van der Waals surface area (Å²) in [5.74, 6) is 4.85. The maximum atomic E-state index is 10.5. The first-order valence-corrected chi connectivity index (χ1v) is 3.70. The molecule has 0 aliphatic heterocycles. The third-order valence-corrected chi connectivity index (χ3v) is 1.72. The molecule has 5 nitrogen and oxygen atoms in total. The van der Waals surface area contributed by atoms with Gasteiger partial charge in [-0.2, -0.15) is 0 Å². The topological polar surface area (TPSA) is 78.4 Å². The summed E-state index contributed by atoms with van der Waals surface area (Å²) in [5, 5.41) is 10.5. The SMILES string of the molecule is Cc1ccc(CON)cc1[N+](=O)[O-]. The first kappa shape index (κ1) is 9.63. The van der Waals surface area contributed by atoms with Gasteiger partial charge >= 0.3 is 0 Å². The van der Waals surface area contributed by atoms with Crippen molar-refractivity contribution in [3.63, 3.8) is 0 Å². The molecule has 0 radical (unpaired) electrons. The Bertz CT molecular complexity index is 325. The lowest BCUT2D eigenvalue weighted by Gasteiger charge is -2.00. The van der Waals surface area contributed by atoms with E-state index in [1.54, 1.807) is 19.1 Å². The summed E-state index contributed by atoms with van der Waals surface area (Å²) in [7, 11) is 0. The number of nitro benzene ring substituents is 1. The lowest BCUT2D eigenvalue weighted by molar-refractivity contribution is -0.385. The van der Waals surface area contributed by atoms with E-state index in [4.69, 9.17) is 5.90 Å². The molecule has 2 N–H and O–H groups in total. The van der Waals surface area contributed by atoms with E-state index < -0.39 is 4.92 Å². The van der Waals surface area contributed by atoms with Gasteiger partial charge in [0, 0.05) is 11.6 Å².